The SMILES string of the molecule is O=C1CCCCC1c1c2ccccc2c2ccc3cccc4ccc1c2c43. The zero-order chi connectivity index (χ0) is 18.0. The molecule has 0 heterocycles. The van der Waals surface area contributed by atoms with E-state index in [1.807, 2.05) is 0 Å². The number of ketones is 1. The fraction of sp³-hybridized carbons (Fsp3) is 0.192. The lowest BCUT2D eigenvalue weighted by atomic mass is 9.77. The highest BCUT2D eigenvalue weighted by Gasteiger charge is 2.28. The number of carbonyl (C=O) groups excluding carboxylic acids is 1. The van der Waals surface area contributed by atoms with Gasteiger partial charge in [0.2, 0.25) is 0 Å². The van der Waals surface area contributed by atoms with E-state index >= 15 is 0 Å². The summed E-state index contributed by atoms with van der Waals surface area (Å²) in [4.78, 5) is 12.9. The van der Waals surface area contributed by atoms with E-state index in [-0.39, 0.29) is 5.92 Å². The number of benzene rings is 5. The van der Waals surface area contributed by atoms with Gasteiger partial charge in [-0.3, -0.25) is 4.79 Å². The molecule has 0 spiro atoms. The van der Waals surface area contributed by atoms with Crippen molar-refractivity contribution in [1.82, 2.24) is 0 Å². The van der Waals surface area contributed by atoms with E-state index in [9.17, 15) is 4.79 Å². The molecule has 1 saturated carbocycles. The molecule has 0 amide bonds. The highest BCUT2D eigenvalue weighted by molar-refractivity contribution is 6.30. The van der Waals surface area contributed by atoms with E-state index in [2.05, 4.69) is 66.7 Å². The highest BCUT2D eigenvalue weighted by atomic mass is 16.1. The van der Waals surface area contributed by atoms with Gasteiger partial charge in [-0.25, -0.2) is 0 Å². The topological polar surface area (TPSA) is 17.1 Å². The van der Waals surface area contributed by atoms with Crippen LogP contribution in [0.2, 0.25) is 0 Å². The molecule has 0 saturated heterocycles. The van der Waals surface area contributed by atoms with Crippen LogP contribution in [0.4, 0.5) is 0 Å². The van der Waals surface area contributed by atoms with E-state index in [4.69, 9.17) is 0 Å². The molecule has 0 N–H and O–H groups in total. The Morgan fingerprint density at radius 2 is 1.37 bits per heavy atom. The summed E-state index contributed by atoms with van der Waals surface area (Å²) in [6.07, 6.45) is 3.89. The number of hydrogen-bond acceptors (Lipinski definition) is 1. The predicted octanol–water partition coefficient (Wildman–Crippen LogP) is 6.96. The molecule has 1 fully saturated rings. The van der Waals surface area contributed by atoms with Crippen LogP contribution >= 0.6 is 0 Å². The zero-order valence-electron chi connectivity index (χ0n) is 15.2. The van der Waals surface area contributed by atoms with Crippen molar-refractivity contribution in [3.8, 4) is 0 Å². The van der Waals surface area contributed by atoms with E-state index < -0.39 is 0 Å². The lowest BCUT2D eigenvalue weighted by molar-refractivity contribution is -0.121. The Morgan fingerprint density at radius 1 is 0.630 bits per heavy atom. The van der Waals surface area contributed by atoms with Gasteiger partial charge in [0.05, 0.1) is 0 Å². The minimum absolute atomic E-state index is 0.0354. The van der Waals surface area contributed by atoms with E-state index in [0.29, 0.717) is 5.78 Å². The Hall–Kier alpha value is -2.93. The quantitative estimate of drug-likeness (QED) is 0.236. The van der Waals surface area contributed by atoms with E-state index in [1.165, 1.54) is 48.7 Å². The molecule has 1 aliphatic rings. The summed E-state index contributed by atoms with van der Waals surface area (Å²) in [6.45, 7) is 0. The van der Waals surface area contributed by atoms with Crippen LogP contribution < -0.4 is 0 Å². The summed E-state index contributed by atoms with van der Waals surface area (Å²) in [7, 11) is 0. The third kappa shape index (κ3) is 2.03. The van der Waals surface area contributed by atoms with Crippen molar-refractivity contribution >= 4 is 48.9 Å². The standard InChI is InChI=1S/C26H20O/c27-23-11-4-3-10-21(23)25-19-9-2-1-8-18(19)20-14-12-16-6-5-7-17-13-15-22(25)26(20)24(16)17/h1-2,5-9,12-15,21H,3-4,10-11H2. The number of hydrogen-bond donors (Lipinski definition) is 0. The van der Waals surface area contributed by atoms with Crippen molar-refractivity contribution in [3.05, 3.63) is 72.3 Å². The molecule has 5 aromatic rings. The fourth-order valence-corrected chi connectivity index (χ4v) is 5.29. The lowest BCUT2D eigenvalue weighted by Crippen LogP contribution is -2.17. The van der Waals surface area contributed by atoms with Crippen LogP contribution in [0.25, 0.3) is 43.1 Å². The zero-order valence-corrected chi connectivity index (χ0v) is 15.2. The number of rotatable bonds is 1. The average Bonchev–Trinajstić information content (AvgIpc) is 2.72. The first-order valence-corrected chi connectivity index (χ1v) is 9.94. The van der Waals surface area contributed by atoms with Gasteiger partial charge in [-0.2, -0.15) is 0 Å². The van der Waals surface area contributed by atoms with Gasteiger partial charge >= 0.3 is 0 Å². The lowest BCUT2D eigenvalue weighted by Gasteiger charge is -2.25. The summed E-state index contributed by atoms with van der Waals surface area (Å²) in [5.74, 6) is 0.453. The highest BCUT2D eigenvalue weighted by Crippen LogP contribution is 2.45. The van der Waals surface area contributed by atoms with E-state index in [1.54, 1.807) is 0 Å². The molecule has 0 aliphatic heterocycles. The van der Waals surface area contributed by atoms with Gasteiger partial charge in [-0.15, -0.1) is 0 Å². The van der Waals surface area contributed by atoms with Crippen LogP contribution in [-0.2, 0) is 4.79 Å². The molecule has 1 atom stereocenters. The second-order valence-electron chi connectivity index (χ2n) is 7.90. The van der Waals surface area contributed by atoms with E-state index in [0.717, 1.165) is 25.7 Å². The maximum absolute atomic E-state index is 12.9. The maximum Gasteiger partial charge on any atom is 0.140 e. The van der Waals surface area contributed by atoms with Crippen LogP contribution in [0.15, 0.2) is 66.7 Å². The van der Waals surface area contributed by atoms with Gasteiger partial charge in [0.15, 0.2) is 0 Å². The Bertz CT molecular complexity index is 1330. The largest absolute Gasteiger partial charge is 0.299 e. The summed E-state index contributed by atoms with van der Waals surface area (Å²) in [5.41, 5.74) is 1.26. The Morgan fingerprint density at radius 3 is 2.15 bits per heavy atom. The molecule has 5 aromatic carbocycles. The molecule has 27 heavy (non-hydrogen) atoms. The van der Waals surface area contributed by atoms with Crippen LogP contribution in [0.1, 0.15) is 37.2 Å². The van der Waals surface area contributed by atoms with Gasteiger partial charge in [-0.05, 0) is 61.5 Å². The fourth-order valence-electron chi connectivity index (χ4n) is 5.29. The first-order valence-electron chi connectivity index (χ1n) is 9.94. The molecule has 1 heteroatoms. The second kappa shape index (κ2) is 5.53. The number of fused-ring (bicyclic) bond motifs is 2. The van der Waals surface area contributed by atoms with Crippen molar-refractivity contribution in [2.75, 3.05) is 0 Å². The van der Waals surface area contributed by atoms with Crippen molar-refractivity contribution in [1.29, 1.82) is 0 Å². The van der Waals surface area contributed by atoms with Crippen molar-refractivity contribution in [2.24, 2.45) is 0 Å². The summed E-state index contributed by atoms with van der Waals surface area (Å²) in [5, 5.41) is 10.3. The van der Waals surface area contributed by atoms with Gasteiger partial charge in [0.1, 0.15) is 5.78 Å². The molecule has 1 aliphatic carbocycles. The van der Waals surface area contributed by atoms with Gasteiger partial charge in [-0.1, -0.05) is 73.2 Å². The maximum atomic E-state index is 12.9. The Labute approximate surface area is 157 Å². The second-order valence-corrected chi connectivity index (χ2v) is 7.90. The first-order chi connectivity index (χ1) is 13.3. The monoisotopic (exact) mass is 348 g/mol. The first kappa shape index (κ1) is 15.2. The van der Waals surface area contributed by atoms with Crippen LogP contribution in [0, 0.1) is 0 Å². The van der Waals surface area contributed by atoms with Crippen LogP contribution in [0.5, 0.6) is 0 Å². The minimum atomic E-state index is 0.0354. The summed E-state index contributed by atoms with van der Waals surface area (Å²) < 4.78 is 0. The van der Waals surface area contributed by atoms with Crippen molar-refractivity contribution in [3.63, 3.8) is 0 Å². The van der Waals surface area contributed by atoms with Gasteiger partial charge < -0.3 is 0 Å². The smallest absolute Gasteiger partial charge is 0.140 e. The van der Waals surface area contributed by atoms with Crippen LogP contribution in [-0.4, -0.2) is 5.78 Å². The molecular weight excluding hydrogens is 328 g/mol. The normalized spacial score (nSPS) is 18.2. The van der Waals surface area contributed by atoms with Crippen molar-refractivity contribution < 1.29 is 4.79 Å². The molecule has 1 nitrogen and oxygen atoms in total. The van der Waals surface area contributed by atoms with Gasteiger partial charge in [0.25, 0.3) is 0 Å². The van der Waals surface area contributed by atoms with Gasteiger partial charge in [0, 0.05) is 12.3 Å². The minimum Gasteiger partial charge on any atom is -0.299 e. The third-order valence-corrected chi connectivity index (χ3v) is 6.48. The molecule has 6 rings (SSSR count). The Kier molecular flexibility index (Phi) is 3.11. The molecule has 0 aromatic heterocycles. The Balaban J connectivity index is 1.88. The molecule has 0 radical (unpaired) electrons. The summed E-state index contributed by atoms with van der Waals surface area (Å²) in [6, 6.07) is 24.2. The third-order valence-electron chi connectivity index (χ3n) is 6.48. The molecule has 1 unspecified atom stereocenters. The molecule has 0 bridgehead atoms. The molecule has 130 valence electrons. The van der Waals surface area contributed by atoms with Crippen LogP contribution in [0.3, 0.4) is 0 Å². The average molecular weight is 348 g/mol. The number of carbonyl (C=O) groups is 1. The number of Topliss-reactive ketones (excluding diaryl/α,β-unsaturated/α-hetero) is 1. The van der Waals surface area contributed by atoms with Crippen molar-refractivity contribution in [2.45, 2.75) is 31.6 Å². The predicted molar refractivity (Wildman–Crippen MR) is 114 cm³/mol. The molecular formula is C26H20O. The summed E-state index contributed by atoms with van der Waals surface area (Å²) >= 11 is 0.